The number of phenolic OH excluding ortho intramolecular Hbond substituents is 1. The second-order valence-corrected chi connectivity index (χ2v) is 2.45. The molecule has 0 atom stereocenters. The van der Waals surface area contributed by atoms with Gasteiger partial charge in [0.15, 0.2) is 0 Å². The van der Waals surface area contributed by atoms with E-state index in [1.54, 1.807) is 19.2 Å². The normalized spacial score (nSPS) is 10.8. The molecule has 0 saturated heterocycles. The van der Waals surface area contributed by atoms with Crippen LogP contribution in [0.25, 0.3) is 6.08 Å². The molecule has 64 valence electrons. The van der Waals surface area contributed by atoms with Gasteiger partial charge in [-0.25, -0.2) is 0 Å². The van der Waals surface area contributed by atoms with Crippen molar-refractivity contribution in [2.75, 3.05) is 13.7 Å². The van der Waals surface area contributed by atoms with E-state index >= 15 is 0 Å². The molecule has 0 spiro atoms. The van der Waals surface area contributed by atoms with E-state index in [0.717, 1.165) is 5.56 Å². The van der Waals surface area contributed by atoms with Gasteiger partial charge in [0, 0.05) is 7.11 Å². The third kappa shape index (κ3) is 2.76. The summed E-state index contributed by atoms with van der Waals surface area (Å²) in [6.07, 6.45) is 3.87. The van der Waals surface area contributed by atoms with Crippen LogP contribution in [-0.2, 0) is 4.74 Å². The van der Waals surface area contributed by atoms with Gasteiger partial charge in [-0.1, -0.05) is 24.3 Å². The van der Waals surface area contributed by atoms with Crippen LogP contribution in [0.4, 0.5) is 0 Å². The Morgan fingerprint density at radius 2 is 2.00 bits per heavy atom. The van der Waals surface area contributed by atoms with Crippen LogP contribution < -0.4 is 0 Å². The highest BCUT2D eigenvalue weighted by molar-refractivity contribution is 5.50. The van der Waals surface area contributed by atoms with Gasteiger partial charge >= 0.3 is 0 Å². The SMILES string of the molecule is COC/C=C\c1ccc(O)cc1. The summed E-state index contributed by atoms with van der Waals surface area (Å²) in [6, 6.07) is 7.02. The molecule has 0 saturated carbocycles. The molecule has 0 bridgehead atoms. The van der Waals surface area contributed by atoms with Crippen LogP contribution in [0.5, 0.6) is 5.75 Å². The highest BCUT2D eigenvalue weighted by atomic mass is 16.5. The summed E-state index contributed by atoms with van der Waals surface area (Å²) in [4.78, 5) is 0. The number of methoxy groups -OCH3 is 1. The molecule has 1 N–H and O–H groups in total. The molecule has 12 heavy (non-hydrogen) atoms. The molecule has 0 amide bonds. The molecule has 0 fully saturated rings. The predicted molar refractivity (Wildman–Crippen MR) is 49.0 cm³/mol. The minimum atomic E-state index is 0.291. The van der Waals surface area contributed by atoms with Crippen molar-refractivity contribution < 1.29 is 9.84 Å². The molecule has 1 aromatic rings. The first kappa shape index (κ1) is 8.81. The first-order chi connectivity index (χ1) is 5.83. The summed E-state index contributed by atoms with van der Waals surface area (Å²) in [5.41, 5.74) is 1.06. The lowest BCUT2D eigenvalue weighted by atomic mass is 10.2. The molecule has 0 radical (unpaired) electrons. The van der Waals surface area contributed by atoms with Gasteiger partial charge < -0.3 is 9.84 Å². The Labute approximate surface area is 72.1 Å². The van der Waals surface area contributed by atoms with Crippen molar-refractivity contribution in [3.8, 4) is 5.75 Å². The largest absolute Gasteiger partial charge is 0.508 e. The summed E-state index contributed by atoms with van der Waals surface area (Å²) in [7, 11) is 1.65. The van der Waals surface area contributed by atoms with Gasteiger partial charge in [0.1, 0.15) is 5.75 Å². The Balaban J connectivity index is 2.58. The number of phenols is 1. The van der Waals surface area contributed by atoms with Crippen LogP contribution in [0, 0.1) is 0 Å². The monoisotopic (exact) mass is 164 g/mol. The standard InChI is InChI=1S/C10H12O2/c1-12-8-2-3-9-4-6-10(11)7-5-9/h2-7,11H,8H2,1H3/b3-2-. The Kier molecular flexibility index (Phi) is 3.35. The summed E-state index contributed by atoms with van der Waals surface area (Å²) in [5, 5.41) is 8.98. The van der Waals surface area contributed by atoms with E-state index in [2.05, 4.69) is 0 Å². The minimum Gasteiger partial charge on any atom is -0.508 e. The molecular formula is C10H12O2. The molecule has 2 heteroatoms. The zero-order valence-electron chi connectivity index (χ0n) is 7.03. The maximum absolute atomic E-state index is 8.98. The fourth-order valence-corrected chi connectivity index (χ4v) is 0.866. The number of ether oxygens (including phenoxy) is 1. The number of hydrogen-bond donors (Lipinski definition) is 1. The van der Waals surface area contributed by atoms with Crippen molar-refractivity contribution in [2.45, 2.75) is 0 Å². The van der Waals surface area contributed by atoms with Crippen LogP contribution in [-0.4, -0.2) is 18.8 Å². The molecule has 0 heterocycles. The lowest BCUT2D eigenvalue weighted by Crippen LogP contribution is -1.80. The first-order valence-corrected chi connectivity index (χ1v) is 3.77. The van der Waals surface area contributed by atoms with E-state index in [1.807, 2.05) is 24.3 Å². The summed E-state index contributed by atoms with van der Waals surface area (Å²) in [5.74, 6) is 0.291. The molecule has 0 aliphatic heterocycles. The summed E-state index contributed by atoms with van der Waals surface area (Å²) in [6.45, 7) is 0.612. The quantitative estimate of drug-likeness (QED) is 0.740. The number of aromatic hydroxyl groups is 1. The van der Waals surface area contributed by atoms with Crippen LogP contribution in [0.15, 0.2) is 30.3 Å². The Hall–Kier alpha value is -1.28. The average molecular weight is 164 g/mol. The van der Waals surface area contributed by atoms with E-state index in [0.29, 0.717) is 12.4 Å². The van der Waals surface area contributed by atoms with E-state index in [9.17, 15) is 0 Å². The lowest BCUT2D eigenvalue weighted by molar-refractivity contribution is 0.234. The van der Waals surface area contributed by atoms with Crippen LogP contribution in [0.2, 0.25) is 0 Å². The van der Waals surface area contributed by atoms with E-state index < -0.39 is 0 Å². The maximum Gasteiger partial charge on any atom is 0.115 e. The first-order valence-electron chi connectivity index (χ1n) is 3.77. The number of benzene rings is 1. The van der Waals surface area contributed by atoms with E-state index in [4.69, 9.17) is 9.84 Å². The van der Waals surface area contributed by atoms with Crippen molar-refractivity contribution in [1.82, 2.24) is 0 Å². The van der Waals surface area contributed by atoms with Gasteiger partial charge in [-0.15, -0.1) is 0 Å². The van der Waals surface area contributed by atoms with Gasteiger partial charge in [0.2, 0.25) is 0 Å². The average Bonchev–Trinajstić information content (AvgIpc) is 2.09. The molecule has 1 aromatic carbocycles. The second kappa shape index (κ2) is 4.57. The van der Waals surface area contributed by atoms with E-state index in [1.165, 1.54) is 0 Å². The Morgan fingerprint density at radius 1 is 1.33 bits per heavy atom. The molecule has 0 aromatic heterocycles. The van der Waals surface area contributed by atoms with Gasteiger partial charge in [-0.05, 0) is 17.7 Å². The second-order valence-electron chi connectivity index (χ2n) is 2.45. The van der Waals surface area contributed by atoms with Crippen LogP contribution in [0.3, 0.4) is 0 Å². The van der Waals surface area contributed by atoms with Gasteiger partial charge in [0.05, 0.1) is 6.61 Å². The van der Waals surface area contributed by atoms with Gasteiger partial charge in [-0.2, -0.15) is 0 Å². The summed E-state index contributed by atoms with van der Waals surface area (Å²) >= 11 is 0. The van der Waals surface area contributed by atoms with Crippen molar-refractivity contribution in [1.29, 1.82) is 0 Å². The fraction of sp³-hybridized carbons (Fsp3) is 0.200. The third-order valence-electron chi connectivity index (χ3n) is 1.47. The van der Waals surface area contributed by atoms with Crippen molar-refractivity contribution >= 4 is 6.08 Å². The molecule has 0 aliphatic carbocycles. The van der Waals surface area contributed by atoms with Crippen molar-refractivity contribution in [2.24, 2.45) is 0 Å². The topological polar surface area (TPSA) is 29.5 Å². The number of rotatable bonds is 3. The van der Waals surface area contributed by atoms with Crippen LogP contribution in [0.1, 0.15) is 5.56 Å². The molecule has 2 nitrogen and oxygen atoms in total. The van der Waals surface area contributed by atoms with Crippen molar-refractivity contribution in [3.05, 3.63) is 35.9 Å². The molecule has 1 rings (SSSR count). The lowest BCUT2D eigenvalue weighted by Gasteiger charge is -1.93. The Bertz CT molecular complexity index is 249. The van der Waals surface area contributed by atoms with Crippen LogP contribution >= 0.6 is 0 Å². The zero-order valence-corrected chi connectivity index (χ0v) is 7.03. The molecule has 0 aliphatic rings. The van der Waals surface area contributed by atoms with E-state index in [-0.39, 0.29) is 0 Å². The maximum atomic E-state index is 8.98. The third-order valence-corrected chi connectivity index (χ3v) is 1.47. The van der Waals surface area contributed by atoms with Gasteiger partial charge in [0.25, 0.3) is 0 Å². The van der Waals surface area contributed by atoms with Gasteiger partial charge in [-0.3, -0.25) is 0 Å². The fourth-order valence-electron chi connectivity index (χ4n) is 0.866. The minimum absolute atomic E-state index is 0.291. The smallest absolute Gasteiger partial charge is 0.115 e. The molecule has 0 unspecified atom stereocenters. The zero-order chi connectivity index (χ0) is 8.81. The predicted octanol–water partition coefficient (Wildman–Crippen LogP) is 2.05. The summed E-state index contributed by atoms with van der Waals surface area (Å²) < 4.78 is 4.85. The number of hydrogen-bond acceptors (Lipinski definition) is 2. The molecular weight excluding hydrogens is 152 g/mol. The van der Waals surface area contributed by atoms with Crippen molar-refractivity contribution in [3.63, 3.8) is 0 Å². The highest BCUT2D eigenvalue weighted by Gasteiger charge is 1.86. The Morgan fingerprint density at radius 3 is 2.58 bits per heavy atom. The highest BCUT2D eigenvalue weighted by Crippen LogP contribution is 2.10.